The highest BCUT2D eigenvalue weighted by Gasteiger charge is 2.30. The number of halogens is 3. The van der Waals surface area contributed by atoms with Crippen molar-refractivity contribution in [3.8, 4) is 11.1 Å². The topological polar surface area (TPSA) is 78.4 Å². The van der Waals surface area contributed by atoms with E-state index in [2.05, 4.69) is 10.6 Å². The van der Waals surface area contributed by atoms with Gasteiger partial charge in [0.1, 0.15) is 0 Å². The second-order valence-electron chi connectivity index (χ2n) is 6.66. The smallest absolute Gasteiger partial charge is 0.416 e. The van der Waals surface area contributed by atoms with Gasteiger partial charge in [-0.3, -0.25) is 4.79 Å². The molecule has 0 unspecified atom stereocenters. The van der Waals surface area contributed by atoms with E-state index in [1.54, 1.807) is 24.3 Å². The normalized spacial score (nSPS) is 11.3. The van der Waals surface area contributed by atoms with Crippen molar-refractivity contribution in [2.75, 3.05) is 13.1 Å². The number of nitrogens with one attached hydrogen (secondary N) is 2. The van der Waals surface area contributed by atoms with Crippen molar-refractivity contribution in [3.05, 3.63) is 71.8 Å². The van der Waals surface area contributed by atoms with Crippen molar-refractivity contribution in [1.29, 1.82) is 0 Å². The zero-order valence-electron chi connectivity index (χ0n) is 15.8. The monoisotopic (exact) mass is 416 g/mol. The number of hydrogen-bond donors (Lipinski definition) is 3. The lowest BCUT2D eigenvalue weighted by Crippen LogP contribution is -2.29. The number of amides is 2. The van der Waals surface area contributed by atoms with Crippen LogP contribution >= 0.6 is 0 Å². The SMILES string of the molecule is O=C(O)NCCCNC(=O)c1ccc2c(-c3ccc(C(F)(F)F)cc3)cccc2c1. The van der Waals surface area contributed by atoms with E-state index in [1.165, 1.54) is 12.1 Å². The largest absolute Gasteiger partial charge is 0.465 e. The first-order chi connectivity index (χ1) is 14.3. The van der Waals surface area contributed by atoms with Gasteiger partial charge in [-0.1, -0.05) is 36.4 Å². The van der Waals surface area contributed by atoms with E-state index in [0.717, 1.165) is 28.5 Å². The minimum atomic E-state index is -4.39. The number of alkyl halides is 3. The second-order valence-corrected chi connectivity index (χ2v) is 6.66. The van der Waals surface area contributed by atoms with Crippen molar-refractivity contribution in [2.24, 2.45) is 0 Å². The first-order valence-electron chi connectivity index (χ1n) is 9.21. The van der Waals surface area contributed by atoms with E-state index in [0.29, 0.717) is 24.1 Å². The summed E-state index contributed by atoms with van der Waals surface area (Å²) in [6.07, 6.45) is -5.04. The minimum Gasteiger partial charge on any atom is -0.465 e. The Morgan fingerprint density at radius 3 is 2.27 bits per heavy atom. The molecule has 156 valence electrons. The number of rotatable bonds is 6. The second kappa shape index (κ2) is 8.86. The number of benzene rings is 3. The van der Waals surface area contributed by atoms with Crippen LogP contribution < -0.4 is 10.6 Å². The summed E-state index contributed by atoms with van der Waals surface area (Å²) in [4.78, 5) is 22.7. The Kier molecular flexibility index (Phi) is 6.25. The molecule has 30 heavy (non-hydrogen) atoms. The van der Waals surface area contributed by atoms with Gasteiger partial charge < -0.3 is 15.7 Å². The summed E-state index contributed by atoms with van der Waals surface area (Å²) in [6, 6.07) is 15.5. The average Bonchev–Trinajstić information content (AvgIpc) is 2.71. The van der Waals surface area contributed by atoms with Gasteiger partial charge in [-0.2, -0.15) is 13.2 Å². The first-order valence-corrected chi connectivity index (χ1v) is 9.21. The van der Waals surface area contributed by atoms with Crippen LogP contribution in [-0.2, 0) is 6.18 Å². The number of carboxylic acid groups (broad SMARTS) is 1. The third kappa shape index (κ3) is 5.08. The van der Waals surface area contributed by atoms with E-state index >= 15 is 0 Å². The zero-order chi connectivity index (χ0) is 21.7. The van der Waals surface area contributed by atoms with Crippen molar-refractivity contribution in [2.45, 2.75) is 12.6 Å². The van der Waals surface area contributed by atoms with Crippen LogP contribution in [-0.4, -0.2) is 30.2 Å². The van der Waals surface area contributed by atoms with E-state index in [9.17, 15) is 22.8 Å². The third-order valence-electron chi connectivity index (χ3n) is 4.58. The highest BCUT2D eigenvalue weighted by atomic mass is 19.4. The molecule has 0 spiro atoms. The highest BCUT2D eigenvalue weighted by Crippen LogP contribution is 2.33. The summed E-state index contributed by atoms with van der Waals surface area (Å²) in [6.45, 7) is 0.562. The molecule has 3 rings (SSSR count). The van der Waals surface area contributed by atoms with E-state index in [1.807, 2.05) is 12.1 Å². The summed E-state index contributed by atoms with van der Waals surface area (Å²) in [5.74, 6) is -0.285. The molecule has 0 fully saturated rings. The Labute approximate surface area is 170 Å². The zero-order valence-corrected chi connectivity index (χ0v) is 15.8. The third-order valence-corrected chi connectivity index (χ3v) is 4.58. The predicted molar refractivity (Wildman–Crippen MR) is 107 cm³/mol. The lowest BCUT2D eigenvalue weighted by atomic mass is 9.96. The fourth-order valence-corrected chi connectivity index (χ4v) is 3.10. The van der Waals surface area contributed by atoms with Crippen LogP contribution in [0.4, 0.5) is 18.0 Å². The Balaban J connectivity index is 1.77. The van der Waals surface area contributed by atoms with Crippen LogP contribution in [0.25, 0.3) is 21.9 Å². The van der Waals surface area contributed by atoms with Gasteiger partial charge in [0.15, 0.2) is 0 Å². The molecule has 3 aromatic rings. The number of hydrogen-bond acceptors (Lipinski definition) is 2. The van der Waals surface area contributed by atoms with Crippen LogP contribution in [0.1, 0.15) is 22.3 Å². The van der Waals surface area contributed by atoms with Gasteiger partial charge in [-0.15, -0.1) is 0 Å². The van der Waals surface area contributed by atoms with Crippen molar-refractivity contribution < 1.29 is 27.9 Å². The standard InChI is InChI=1S/C22H19F3N2O3/c23-22(24,25)17-8-5-14(6-9-17)18-4-1-3-15-13-16(7-10-19(15)18)20(28)26-11-2-12-27-21(29)30/h1,3-10,13,27H,2,11-12H2,(H,26,28)(H,29,30). The molecule has 3 N–H and O–H groups in total. The van der Waals surface area contributed by atoms with Crippen LogP contribution in [0, 0.1) is 0 Å². The van der Waals surface area contributed by atoms with Crippen LogP contribution in [0.2, 0.25) is 0 Å². The van der Waals surface area contributed by atoms with Gasteiger partial charge in [-0.05, 0) is 52.6 Å². The molecular weight excluding hydrogens is 397 g/mol. The molecule has 2 amide bonds. The average molecular weight is 416 g/mol. The molecule has 0 aliphatic rings. The molecule has 0 aliphatic carbocycles. The molecule has 0 heterocycles. The van der Waals surface area contributed by atoms with Crippen LogP contribution in [0.15, 0.2) is 60.7 Å². The van der Waals surface area contributed by atoms with Crippen molar-refractivity contribution >= 4 is 22.8 Å². The molecule has 0 atom stereocenters. The number of carbonyl (C=O) groups excluding carboxylic acids is 1. The van der Waals surface area contributed by atoms with E-state index < -0.39 is 17.8 Å². The minimum absolute atomic E-state index is 0.240. The number of fused-ring (bicyclic) bond motifs is 1. The van der Waals surface area contributed by atoms with Gasteiger partial charge in [0.05, 0.1) is 5.56 Å². The summed E-state index contributed by atoms with van der Waals surface area (Å²) in [5, 5.41) is 15.1. The molecule has 0 aliphatic heterocycles. The number of carbonyl (C=O) groups is 2. The molecule has 0 saturated heterocycles. The lowest BCUT2D eigenvalue weighted by molar-refractivity contribution is -0.137. The quantitative estimate of drug-likeness (QED) is 0.500. The highest BCUT2D eigenvalue weighted by molar-refractivity contribution is 6.02. The van der Waals surface area contributed by atoms with Crippen LogP contribution in [0.5, 0.6) is 0 Å². The van der Waals surface area contributed by atoms with E-state index in [4.69, 9.17) is 5.11 Å². The van der Waals surface area contributed by atoms with Gasteiger partial charge in [-0.25, -0.2) is 4.79 Å². The van der Waals surface area contributed by atoms with Gasteiger partial charge >= 0.3 is 12.3 Å². The summed E-state index contributed by atoms with van der Waals surface area (Å²) >= 11 is 0. The Bertz CT molecular complexity index is 1060. The molecule has 3 aromatic carbocycles. The molecule has 0 saturated carbocycles. The van der Waals surface area contributed by atoms with Crippen molar-refractivity contribution in [1.82, 2.24) is 10.6 Å². The van der Waals surface area contributed by atoms with Crippen molar-refractivity contribution in [3.63, 3.8) is 0 Å². The van der Waals surface area contributed by atoms with E-state index in [-0.39, 0.29) is 12.5 Å². The maximum atomic E-state index is 12.8. The molecule has 8 heteroatoms. The Morgan fingerprint density at radius 2 is 1.60 bits per heavy atom. The van der Waals surface area contributed by atoms with Gasteiger partial charge in [0.25, 0.3) is 5.91 Å². The Morgan fingerprint density at radius 1 is 0.900 bits per heavy atom. The van der Waals surface area contributed by atoms with Crippen LogP contribution in [0.3, 0.4) is 0 Å². The summed E-state index contributed by atoms with van der Waals surface area (Å²) in [7, 11) is 0. The Hall–Kier alpha value is -3.55. The summed E-state index contributed by atoms with van der Waals surface area (Å²) < 4.78 is 38.4. The fraction of sp³-hybridized carbons (Fsp3) is 0.182. The van der Waals surface area contributed by atoms with Gasteiger partial charge in [0.2, 0.25) is 0 Å². The first kappa shape index (κ1) is 21.2. The maximum absolute atomic E-state index is 12.8. The molecular formula is C22H19F3N2O3. The fourth-order valence-electron chi connectivity index (χ4n) is 3.10. The predicted octanol–water partition coefficient (Wildman–Crippen LogP) is 4.91. The summed E-state index contributed by atoms with van der Waals surface area (Å²) in [5.41, 5.74) is 1.16. The lowest BCUT2D eigenvalue weighted by Gasteiger charge is -2.11. The maximum Gasteiger partial charge on any atom is 0.416 e. The molecule has 0 radical (unpaired) electrons. The molecule has 0 aromatic heterocycles. The molecule has 5 nitrogen and oxygen atoms in total. The molecule has 0 bridgehead atoms. The van der Waals surface area contributed by atoms with Gasteiger partial charge in [0, 0.05) is 18.7 Å².